The Morgan fingerprint density at radius 2 is 2.15 bits per heavy atom. The molecule has 0 spiro atoms. The van der Waals surface area contributed by atoms with Crippen molar-refractivity contribution in [1.82, 2.24) is 15.3 Å². The van der Waals surface area contributed by atoms with E-state index in [0.717, 1.165) is 18.2 Å². The number of nitrogen functional groups attached to an aromatic ring is 1. The highest BCUT2D eigenvalue weighted by molar-refractivity contribution is 5.99. The summed E-state index contributed by atoms with van der Waals surface area (Å²) in [5.41, 5.74) is 4.37. The second-order valence-electron chi connectivity index (χ2n) is 4.02. The average Bonchev–Trinajstić information content (AvgIpc) is 2.88. The number of imidazole rings is 1. The van der Waals surface area contributed by atoms with Gasteiger partial charge >= 0.3 is 6.18 Å². The lowest BCUT2D eigenvalue weighted by Gasteiger charge is -2.11. The summed E-state index contributed by atoms with van der Waals surface area (Å²) >= 11 is 0. The summed E-state index contributed by atoms with van der Waals surface area (Å²) in [4.78, 5) is 18.5. The predicted octanol–water partition coefficient (Wildman–Crippen LogP) is 1.94. The third-order valence-electron chi connectivity index (χ3n) is 2.60. The van der Waals surface area contributed by atoms with Crippen molar-refractivity contribution in [3.05, 3.63) is 47.5 Å². The van der Waals surface area contributed by atoms with Crippen LogP contribution in [-0.2, 0) is 12.7 Å². The van der Waals surface area contributed by atoms with E-state index in [-0.39, 0.29) is 17.8 Å². The number of aromatic nitrogens is 2. The van der Waals surface area contributed by atoms with Crippen molar-refractivity contribution in [2.75, 3.05) is 5.73 Å². The molecule has 2 rings (SSSR count). The maximum atomic E-state index is 12.6. The SMILES string of the molecule is Nc1ccc(C(F)(F)F)cc1C(=O)NCc1ncc[nH]1. The van der Waals surface area contributed by atoms with Crippen LogP contribution < -0.4 is 11.1 Å². The largest absolute Gasteiger partial charge is 0.416 e. The van der Waals surface area contributed by atoms with Crippen LogP contribution in [0.5, 0.6) is 0 Å². The molecule has 20 heavy (non-hydrogen) atoms. The van der Waals surface area contributed by atoms with E-state index in [2.05, 4.69) is 15.3 Å². The molecule has 0 aliphatic carbocycles. The Morgan fingerprint density at radius 3 is 2.75 bits per heavy atom. The van der Waals surface area contributed by atoms with Gasteiger partial charge in [0.25, 0.3) is 5.91 Å². The van der Waals surface area contributed by atoms with E-state index in [0.29, 0.717) is 5.82 Å². The van der Waals surface area contributed by atoms with Gasteiger partial charge in [0.1, 0.15) is 5.82 Å². The maximum absolute atomic E-state index is 12.6. The van der Waals surface area contributed by atoms with Gasteiger partial charge in [0, 0.05) is 18.1 Å². The van der Waals surface area contributed by atoms with Crippen molar-refractivity contribution in [2.24, 2.45) is 0 Å². The zero-order valence-corrected chi connectivity index (χ0v) is 10.2. The number of anilines is 1. The number of aromatic amines is 1. The summed E-state index contributed by atoms with van der Waals surface area (Å²) in [5.74, 6) is -0.200. The fourth-order valence-corrected chi connectivity index (χ4v) is 1.58. The van der Waals surface area contributed by atoms with Gasteiger partial charge in [-0.15, -0.1) is 0 Å². The number of hydrogen-bond acceptors (Lipinski definition) is 3. The first-order chi connectivity index (χ1) is 9.38. The molecular weight excluding hydrogens is 273 g/mol. The van der Waals surface area contributed by atoms with E-state index in [1.807, 2.05) is 0 Å². The van der Waals surface area contributed by atoms with E-state index in [1.54, 1.807) is 6.20 Å². The Hall–Kier alpha value is -2.51. The summed E-state index contributed by atoms with van der Waals surface area (Å²) < 4.78 is 37.8. The highest BCUT2D eigenvalue weighted by Gasteiger charge is 2.31. The quantitative estimate of drug-likeness (QED) is 0.753. The molecule has 1 amide bonds. The number of rotatable bonds is 3. The van der Waals surface area contributed by atoms with E-state index in [1.165, 1.54) is 6.20 Å². The van der Waals surface area contributed by atoms with Crippen LogP contribution in [0.4, 0.5) is 18.9 Å². The fourth-order valence-electron chi connectivity index (χ4n) is 1.58. The van der Waals surface area contributed by atoms with Crippen LogP contribution in [0.2, 0.25) is 0 Å². The number of halogens is 3. The molecule has 0 aliphatic rings. The Balaban J connectivity index is 2.16. The summed E-state index contributed by atoms with van der Waals surface area (Å²) in [5, 5.41) is 2.44. The van der Waals surface area contributed by atoms with Crippen LogP contribution in [0.15, 0.2) is 30.6 Å². The lowest BCUT2D eigenvalue weighted by Crippen LogP contribution is -2.25. The van der Waals surface area contributed by atoms with E-state index < -0.39 is 17.6 Å². The van der Waals surface area contributed by atoms with Gasteiger partial charge in [0.15, 0.2) is 0 Å². The molecule has 0 aliphatic heterocycles. The summed E-state index contributed by atoms with van der Waals surface area (Å²) in [6, 6.07) is 2.62. The molecule has 8 heteroatoms. The minimum Gasteiger partial charge on any atom is -0.398 e. The molecule has 0 radical (unpaired) electrons. The zero-order chi connectivity index (χ0) is 14.8. The fraction of sp³-hybridized carbons (Fsp3) is 0.167. The van der Waals surface area contributed by atoms with E-state index in [4.69, 9.17) is 5.73 Å². The molecule has 0 saturated heterocycles. The average molecular weight is 284 g/mol. The van der Waals surface area contributed by atoms with Crippen LogP contribution in [0.25, 0.3) is 0 Å². The van der Waals surface area contributed by atoms with Crippen LogP contribution >= 0.6 is 0 Å². The predicted molar refractivity (Wildman–Crippen MR) is 65.6 cm³/mol. The highest BCUT2D eigenvalue weighted by atomic mass is 19.4. The van der Waals surface area contributed by atoms with E-state index in [9.17, 15) is 18.0 Å². The molecule has 0 saturated carbocycles. The van der Waals surface area contributed by atoms with Crippen molar-refractivity contribution in [3.63, 3.8) is 0 Å². The molecular formula is C12H11F3N4O. The molecule has 2 aromatic rings. The first kappa shape index (κ1) is 13.9. The number of H-pyrrole nitrogens is 1. The van der Waals surface area contributed by atoms with E-state index >= 15 is 0 Å². The molecule has 0 fully saturated rings. The molecule has 1 heterocycles. The monoisotopic (exact) mass is 284 g/mol. The second-order valence-corrected chi connectivity index (χ2v) is 4.02. The summed E-state index contributed by atoms with van der Waals surface area (Å²) in [6.45, 7) is 0.0710. The van der Waals surface area contributed by atoms with Crippen LogP contribution in [-0.4, -0.2) is 15.9 Å². The Kier molecular flexibility index (Phi) is 3.64. The zero-order valence-electron chi connectivity index (χ0n) is 10.2. The van der Waals surface area contributed by atoms with Gasteiger partial charge < -0.3 is 16.0 Å². The number of alkyl halides is 3. The molecule has 0 bridgehead atoms. The topological polar surface area (TPSA) is 83.8 Å². The Labute approximate surface area is 112 Å². The minimum absolute atomic E-state index is 0.0186. The Morgan fingerprint density at radius 1 is 1.40 bits per heavy atom. The van der Waals surface area contributed by atoms with Gasteiger partial charge in [0.2, 0.25) is 0 Å². The van der Waals surface area contributed by atoms with Gasteiger partial charge in [-0.25, -0.2) is 4.98 Å². The normalized spacial score (nSPS) is 11.3. The number of carbonyl (C=O) groups is 1. The maximum Gasteiger partial charge on any atom is 0.416 e. The third kappa shape index (κ3) is 3.08. The lowest BCUT2D eigenvalue weighted by atomic mass is 10.1. The van der Waals surface area contributed by atoms with Crippen LogP contribution in [0.3, 0.4) is 0 Å². The number of amides is 1. The number of carbonyl (C=O) groups excluding carboxylic acids is 1. The molecule has 106 valence electrons. The minimum atomic E-state index is -4.52. The number of nitrogens with zero attached hydrogens (tertiary/aromatic N) is 1. The summed E-state index contributed by atoms with van der Waals surface area (Å²) in [7, 11) is 0. The van der Waals surface area contributed by atoms with Crippen molar-refractivity contribution >= 4 is 11.6 Å². The van der Waals surface area contributed by atoms with Crippen molar-refractivity contribution in [3.8, 4) is 0 Å². The van der Waals surface area contributed by atoms with Crippen molar-refractivity contribution < 1.29 is 18.0 Å². The molecule has 4 N–H and O–H groups in total. The second kappa shape index (κ2) is 5.24. The lowest BCUT2D eigenvalue weighted by molar-refractivity contribution is -0.137. The highest BCUT2D eigenvalue weighted by Crippen LogP contribution is 2.31. The smallest absolute Gasteiger partial charge is 0.398 e. The van der Waals surface area contributed by atoms with Crippen LogP contribution in [0.1, 0.15) is 21.7 Å². The Bertz CT molecular complexity index is 608. The van der Waals surface area contributed by atoms with Crippen LogP contribution in [0, 0.1) is 0 Å². The standard InChI is InChI=1S/C12H11F3N4O/c13-12(14,15)7-1-2-9(16)8(5-7)11(20)19-6-10-17-3-4-18-10/h1-5H,6,16H2,(H,17,18)(H,19,20). The van der Waals surface area contributed by atoms with Gasteiger partial charge in [0.05, 0.1) is 17.7 Å². The molecule has 1 aromatic heterocycles. The number of hydrogen-bond donors (Lipinski definition) is 3. The first-order valence-corrected chi connectivity index (χ1v) is 5.61. The number of benzene rings is 1. The van der Waals surface area contributed by atoms with Gasteiger partial charge in [-0.1, -0.05) is 0 Å². The number of nitrogens with two attached hydrogens (primary N) is 1. The molecule has 0 atom stereocenters. The van der Waals surface area contributed by atoms with Gasteiger partial charge in [-0.2, -0.15) is 13.2 Å². The van der Waals surface area contributed by atoms with Crippen molar-refractivity contribution in [1.29, 1.82) is 0 Å². The summed E-state index contributed by atoms with van der Waals surface area (Å²) in [6.07, 6.45) is -1.45. The van der Waals surface area contributed by atoms with Gasteiger partial charge in [-0.3, -0.25) is 4.79 Å². The first-order valence-electron chi connectivity index (χ1n) is 5.61. The van der Waals surface area contributed by atoms with Gasteiger partial charge in [-0.05, 0) is 18.2 Å². The third-order valence-corrected chi connectivity index (χ3v) is 2.60. The molecule has 5 nitrogen and oxygen atoms in total. The number of nitrogens with one attached hydrogen (secondary N) is 2. The molecule has 0 unspecified atom stereocenters. The van der Waals surface area contributed by atoms with Crippen molar-refractivity contribution in [2.45, 2.75) is 12.7 Å². The molecule has 1 aromatic carbocycles.